The number of thioether (sulfide) groups is 1. The zero-order valence-corrected chi connectivity index (χ0v) is 17.2. The second-order valence-electron chi connectivity index (χ2n) is 6.40. The predicted molar refractivity (Wildman–Crippen MR) is 112 cm³/mol. The maximum absolute atomic E-state index is 14.1. The van der Waals surface area contributed by atoms with Gasteiger partial charge in [-0.1, -0.05) is 47.6 Å². The van der Waals surface area contributed by atoms with Gasteiger partial charge in [0.25, 0.3) is 0 Å². The molecule has 0 saturated carbocycles. The van der Waals surface area contributed by atoms with Gasteiger partial charge in [-0.2, -0.15) is 0 Å². The van der Waals surface area contributed by atoms with Crippen molar-refractivity contribution in [1.29, 1.82) is 0 Å². The van der Waals surface area contributed by atoms with Gasteiger partial charge in [0, 0.05) is 43.4 Å². The Hall–Kier alpha value is -1.89. The molecule has 0 atom stereocenters. The van der Waals surface area contributed by atoms with Crippen LogP contribution in [0, 0.1) is 5.82 Å². The third kappa shape index (κ3) is 3.49. The Morgan fingerprint density at radius 1 is 1.15 bits per heavy atom. The number of fused-ring (bicyclic) bond motifs is 1. The second-order valence-corrected chi connectivity index (χ2v) is 8.67. The number of hydrogen-bond acceptors (Lipinski definition) is 4. The molecule has 2 heterocycles. The van der Waals surface area contributed by atoms with Crippen molar-refractivity contribution in [3.8, 4) is 11.4 Å². The van der Waals surface area contributed by atoms with Crippen LogP contribution < -0.4 is 0 Å². The van der Waals surface area contributed by atoms with Crippen LogP contribution in [0.4, 0.5) is 4.39 Å². The molecule has 0 fully saturated rings. The van der Waals surface area contributed by atoms with E-state index >= 15 is 0 Å². The average molecular weight is 418 g/mol. The molecule has 0 aliphatic rings. The van der Waals surface area contributed by atoms with Gasteiger partial charge in [-0.15, -0.1) is 21.5 Å². The van der Waals surface area contributed by atoms with E-state index in [4.69, 9.17) is 11.6 Å². The van der Waals surface area contributed by atoms with Crippen molar-refractivity contribution in [2.24, 2.45) is 0 Å². The molecule has 0 saturated heterocycles. The van der Waals surface area contributed by atoms with Gasteiger partial charge in [-0.3, -0.25) is 4.57 Å². The standard InChI is InChI=1S/C20H17ClFN3S2/c1-12(2)25-19(14-10-26-18-9-4-3-6-13(14)18)23-24-20(25)27-11-15-16(21)7-5-8-17(15)22/h3-10,12H,11H2,1-2H3. The van der Waals surface area contributed by atoms with Crippen molar-refractivity contribution in [1.82, 2.24) is 14.8 Å². The zero-order valence-electron chi connectivity index (χ0n) is 14.8. The third-order valence-corrected chi connectivity index (χ3v) is 6.60. The average Bonchev–Trinajstić information content (AvgIpc) is 3.25. The summed E-state index contributed by atoms with van der Waals surface area (Å²) >= 11 is 9.30. The van der Waals surface area contributed by atoms with Gasteiger partial charge < -0.3 is 0 Å². The number of hydrogen-bond donors (Lipinski definition) is 0. The van der Waals surface area contributed by atoms with Crippen molar-refractivity contribution >= 4 is 44.8 Å². The summed E-state index contributed by atoms with van der Waals surface area (Å²) in [7, 11) is 0. The molecule has 3 nitrogen and oxygen atoms in total. The molecular formula is C20H17ClFN3S2. The van der Waals surface area contributed by atoms with Crippen molar-refractivity contribution in [2.75, 3.05) is 0 Å². The quantitative estimate of drug-likeness (QED) is 0.333. The van der Waals surface area contributed by atoms with Crippen molar-refractivity contribution in [3.05, 3.63) is 64.2 Å². The van der Waals surface area contributed by atoms with E-state index in [0.29, 0.717) is 16.3 Å². The Morgan fingerprint density at radius 2 is 1.96 bits per heavy atom. The molecule has 0 amide bonds. The largest absolute Gasteiger partial charge is 0.299 e. The number of benzene rings is 2. The zero-order chi connectivity index (χ0) is 19.0. The first-order valence-electron chi connectivity index (χ1n) is 8.53. The Morgan fingerprint density at radius 3 is 2.74 bits per heavy atom. The van der Waals surface area contributed by atoms with Gasteiger partial charge in [0.1, 0.15) is 5.82 Å². The van der Waals surface area contributed by atoms with Crippen LogP contribution >= 0.6 is 34.7 Å². The fourth-order valence-electron chi connectivity index (χ4n) is 2.98. The molecule has 0 aliphatic carbocycles. The summed E-state index contributed by atoms with van der Waals surface area (Å²) < 4.78 is 17.4. The van der Waals surface area contributed by atoms with E-state index in [1.165, 1.54) is 27.9 Å². The van der Waals surface area contributed by atoms with Gasteiger partial charge in [0.15, 0.2) is 11.0 Å². The van der Waals surface area contributed by atoms with Crippen LogP contribution in [0.2, 0.25) is 5.02 Å². The summed E-state index contributed by atoms with van der Waals surface area (Å²) in [5, 5.41) is 13.3. The van der Waals surface area contributed by atoms with Gasteiger partial charge >= 0.3 is 0 Å². The Kier molecular flexibility index (Phi) is 5.21. The lowest BCUT2D eigenvalue weighted by molar-refractivity contribution is 0.555. The highest BCUT2D eigenvalue weighted by molar-refractivity contribution is 7.98. The first-order chi connectivity index (χ1) is 13.1. The first-order valence-corrected chi connectivity index (χ1v) is 10.8. The SMILES string of the molecule is CC(C)n1c(SCc2c(F)cccc2Cl)nnc1-c1csc2ccccc12. The summed E-state index contributed by atoms with van der Waals surface area (Å²) in [6.07, 6.45) is 0. The van der Waals surface area contributed by atoms with E-state index in [1.807, 2.05) is 12.1 Å². The van der Waals surface area contributed by atoms with E-state index in [2.05, 4.69) is 46.1 Å². The van der Waals surface area contributed by atoms with Crippen molar-refractivity contribution < 1.29 is 4.39 Å². The molecule has 2 aromatic heterocycles. The van der Waals surface area contributed by atoms with E-state index in [1.54, 1.807) is 23.5 Å². The molecule has 27 heavy (non-hydrogen) atoms. The van der Waals surface area contributed by atoms with Crippen LogP contribution in [0.25, 0.3) is 21.5 Å². The molecule has 0 bridgehead atoms. The molecule has 0 unspecified atom stereocenters. The topological polar surface area (TPSA) is 30.7 Å². The second kappa shape index (κ2) is 7.62. The molecule has 2 aromatic carbocycles. The van der Waals surface area contributed by atoms with Gasteiger partial charge in [-0.05, 0) is 32.0 Å². The lowest BCUT2D eigenvalue weighted by Crippen LogP contribution is -2.05. The van der Waals surface area contributed by atoms with E-state index in [0.717, 1.165) is 16.5 Å². The molecule has 138 valence electrons. The van der Waals surface area contributed by atoms with E-state index in [9.17, 15) is 4.39 Å². The number of aromatic nitrogens is 3. The molecule has 0 radical (unpaired) electrons. The molecule has 4 rings (SSSR count). The van der Waals surface area contributed by atoms with E-state index < -0.39 is 0 Å². The maximum atomic E-state index is 14.1. The molecular weight excluding hydrogens is 401 g/mol. The van der Waals surface area contributed by atoms with Crippen molar-refractivity contribution in [3.63, 3.8) is 0 Å². The molecule has 0 N–H and O–H groups in total. The van der Waals surface area contributed by atoms with Gasteiger partial charge in [-0.25, -0.2) is 4.39 Å². The highest BCUT2D eigenvalue weighted by Crippen LogP contribution is 2.37. The van der Waals surface area contributed by atoms with Crippen LogP contribution in [-0.2, 0) is 5.75 Å². The molecule has 0 spiro atoms. The number of nitrogens with zero attached hydrogens (tertiary/aromatic N) is 3. The van der Waals surface area contributed by atoms with Crippen LogP contribution in [0.15, 0.2) is 53.0 Å². The minimum Gasteiger partial charge on any atom is -0.299 e. The summed E-state index contributed by atoms with van der Waals surface area (Å²) in [4.78, 5) is 0. The summed E-state index contributed by atoms with van der Waals surface area (Å²) in [5.74, 6) is 0.944. The van der Waals surface area contributed by atoms with E-state index in [-0.39, 0.29) is 11.9 Å². The highest BCUT2D eigenvalue weighted by atomic mass is 35.5. The fraction of sp³-hybridized carbons (Fsp3) is 0.200. The molecule has 0 aliphatic heterocycles. The molecule has 7 heteroatoms. The van der Waals surface area contributed by atoms with Crippen LogP contribution in [0.1, 0.15) is 25.5 Å². The fourth-order valence-corrected chi connectivity index (χ4v) is 5.33. The predicted octanol–water partition coefficient (Wildman–Crippen LogP) is 6.83. The highest BCUT2D eigenvalue weighted by Gasteiger charge is 2.20. The van der Waals surface area contributed by atoms with Crippen LogP contribution in [-0.4, -0.2) is 14.8 Å². The smallest absolute Gasteiger partial charge is 0.192 e. The lowest BCUT2D eigenvalue weighted by atomic mass is 10.1. The van der Waals surface area contributed by atoms with Crippen LogP contribution in [0.3, 0.4) is 0 Å². The summed E-state index contributed by atoms with van der Waals surface area (Å²) in [6, 6.07) is 13.2. The Balaban J connectivity index is 1.71. The van der Waals surface area contributed by atoms with Crippen LogP contribution in [0.5, 0.6) is 0 Å². The number of thiophene rings is 1. The third-order valence-electron chi connectivity index (χ3n) is 4.31. The first kappa shape index (κ1) is 18.5. The van der Waals surface area contributed by atoms with Gasteiger partial charge in [0.2, 0.25) is 0 Å². The summed E-state index contributed by atoms with van der Waals surface area (Å²) in [5.41, 5.74) is 1.57. The summed E-state index contributed by atoms with van der Waals surface area (Å²) in [6.45, 7) is 4.20. The Bertz CT molecular complexity index is 1080. The Labute approximate surface area is 170 Å². The number of halogens is 2. The lowest BCUT2D eigenvalue weighted by Gasteiger charge is -2.14. The monoisotopic (exact) mass is 417 g/mol. The normalized spacial score (nSPS) is 11.6. The molecule has 4 aromatic rings. The number of rotatable bonds is 5. The maximum Gasteiger partial charge on any atom is 0.192 e. The van der Waals surface area contributed by atoms with Crippen molar-refractivity contribution in [2.45, 2.75) is 30.8 Å². The van der Waals surface area contributed by atoms with Gasteiger partial charge in [0.05, 0.1) is 0 Å². The minimum atomic E-state index is -0.297. The minimum absolute atomic E-state index is 0.173.